The van der Waals surface area contributed by atoms with Gasteiger partial charge in [0.25, 0.3) is 0 Å². The summed E-state index contributed by atoms with van der Waals surface area (Å²) < 4.78 is 1.97. The average molecular weight is 181 g/mol. The molecular weight excluding hydrogens is 162 g/mol. The van der Waals surface area contributed by atoms with Crippen molar-refractivity contribution in [3.63, 3.8) is 0 Å². The van der Waals surface area contributed by atoms with Crippen molar-refractivity contribution >= 4 is 0 Å². The molecule has 1 rings (SSSR count). The number of rotatable bonds is 3. The predicted octanol–water partition coefficient (Wildman–Crippen LogP) is 2.23. The maximum absolute atomic E-state index is 4.15. The lowest BCUT2D eigenvalue weighted by molar-refractivity contribution is 0.221. The fraction of sp³-hybridized carbons (Fsp3) is 0.800. The Morgan fingerprint density at radius 1 is 1.46 bits per heavy atom. The van der Waals surface area contributed by atoms with E-state index in [1.165, 1.54) is 0 Å². The molecule has 0 aliphatic heterocycles. The third-order valence-electron chi connectivity index (χ3n) is 2.91. The first-order valence-electron chi connectivity index (χ1n) is 4.90. The molecule has 0 saturated carbocycles. The second kappa shape index (κ2) is 3.48. The Morgan fingerprint density at radius 2 is 2.08 bits per heavy atom. The number of hydrogen-bond donors (Lipinski definition) is 0. The molecule has 0 aromatic carbocycles. The SMILES string of the molecule is CCc1cn(C(C)(C)C(C)C)nn1. The van der Waals surface area contributed by atoms with Gasteiger partial charge in [-0.15, -0.1) is 5.10 Å². The Balaban J connectivity index is 2.93. The van der Waals surface area contributed by atoms with E-state index in [2.05, 4.69) is 44.9 Å². The van der Waals surface area contributed by atoms with Gasteiger partial charge in [-0.2, -0.15) is 0 Å². The topological polar surface area (TPSA) is 30.7 Å². The smallest absolute Gasteiger partial charge is 0.0824 e. The maximum atomic E-state index is 4.15. The zero-order valence-electron chi connectivity index (χ0n) is 9.20. The summed E-state index contributed by atoms with van der Waals surface area (Å²) in [4.78, 5) is 0. The zero-order valence-corrected chi connectivity index (χ0v) is 9.20. The summed E-state index contributed by atoms with van der Waals surface area (Å²) in [5, 5.41) is 8.24. The maximum Gasteiger partial charge on any atom is 0.0824 e. The van der Waals surface area contributed by atoms with Crippen LogP contribution in [0.3, 0.4) is 0 Å². The molecule has 0 spiro atoms. The first kappa shape index (κ1) is 10.2. The fourth-order valence-electron chi connectivity index (χ4n) is 1.01. The Morgan fingerprint density at radius 3 is 2.46 bits per heavy atom. The van der Waals surface area contributed by atoms with Crippen molar-refractivity contribution in [1.29, 1.82) is 0 Å². The van der Waals surface area contributed by atoms with Gasteiger partial charge in [-0.25, -0.2) is 4.68 Å². The Hall–Kier alpha value is -0.860. The van der Waals surface area contributed by atoms with Gasteiger partial charge >= 0.3 is 0 Å². The van der Waals surface area contributed by atoms with E-state index in [0.29, 0.717) is 5.92 Å². The van der Waals surface area contributed by atoms with Gasteiger partial charge in [0.05, 0.1) is 11.2 Å². The lowest BCUT2D eigenvalue weighted by Crippen LogP contribution is -2.32. The molecule has 0 fully saturated rings. The molecular formula is C10H19N3. The van der Waals surface area contributed by atoms with Crippen LogP contribution < -0.4 is 0 Å². The monoisotopic (exact) mass is 181 g/mol. The minimum absolute atomic E-state index is 0.0560. The van der Waals surface area contributed by atoms with Gasteiger partial charge in [0.1, 0.15) is 0 Å². The van der Waals surface area contributed by atoms with E-state index in [9.17, 15) is 0 Å². The second-order valence-corrected chi connectivity index (χ2v) is 4.32. The Kier molecular flexibility index (Phi) is 2.74. The molecule has 0 atom stereocenters. The van der Waals surface area contributed by atoms with E-state index in [0.717, 1.165) is 12.1 Å². The highest BCUT2D eigenvalue weighted by molar-refractivity contribution is 4.94. The molecule has 0 saturated heterocycles. The van der Waals surface area contributed by atoms with Crippen molar-refractivity contribution in [2.45, 2.75) is 46.6 Å². The lowest BCUT2D eigenvalue weighted by atomic mass is 9.91. The van der Waals surface area contributed by atoms with Crippen molar-refractivity contribution in [3.8, 4) is 0 Å². The molecule has 0 amide bonds. The van der Waals surface area contributed by atoms with Crippen molar-refractivity contribution < 1.29 is 0 Å². The molecule has 0 aliphatic rings. The number of aryl methyl sites for hydroxylation is 1. The van der Waals surface area contributed by atoms with Crippen LogP contribution in [0, 0.1) is 5.92 Å². The zero-order chi connectivity index (χ0) is 10.1. The number of aromatic nitrogens is 3. The quantitative estimate of drug-likeness (QED) is 0.716. The van der Waals surface area contributed by atoms with Gasteiger partial charge in [-0.05, 0) is 26.2 Å². The molecule has 0 unspecified atom stereocenters. The van der Waals surface area contributed by atoms with E-state index in [4.69, 9.17) is 0 Å². The number of hydrogen-bond acceptors (Lipinski definition) is 2. The van der Waals surface area contributed by atoms with Crippen LogP contribution in [-0.4, -0.2) is 15.0 Å². The van der Waals surface area contributed by atoms with Gasteiger partial charge in [-0.3, -0.25) is 0 Å². The fourth-order valence-corrected chi connectivity index (χ4v) is 1.01. The largest absolute Gasteiger partial charge is 0.246 e. The van der Waals surface area contributed by atoms with Crippen LogP contribution in [0.5, 0.6) is 0 Å². The van der Waals surface area contributed by atoms with Crippen molar-refractivity contribution in [3.05, 3.63) is 11.9 Å². The van der Waals surface area contributed by atoms with Crippen LogP contribution >= 0.6 is 0 Å². The molecule has 0 radical (unpaired) electrons. The highest BCUT2D eigenvalue weighted by atomic mass is 15.4. The van der Waals surface area contributed by atoms with Gasteiger partial charge in [0, 0.05) is 6.20 Å². The normalized spacial score (nSPS) is 12.5. The predicted molar refractivity (Wildman–Crippen MR) is 53.6 cm³/mol. The number of nitrogens with zero attached hydrogens (tertiary/aromatic N) is 3. The van der Waals surface area contributed by atoms with Crippen LogP contribution in [0.25, 0.3) is 0 Å². The first-order valence-corrected chi connectivity index (χ1v) is 4.90. The van der Waals surface area contributed by atoms with Crippen LogP contribution in [0.4, 0.5) is 0 Å². The van der Waals surface area contributed by atoms with Crippen molar-refractivity contribution in [1.82, 2.24) is 15.0 Å². The summed E-state index contributed by atoms with van der Waals surface area (Å²) in [6, 6.07) is 0. The van der Waals surface area contributed by atoms with E-state index < -0.39 is 0 Å². The molecule has 13 heavy (non-hydrogen) atoms. The summed E-state index contributed by atoms with van der Waals surface area (Å²) in [5.41, 5.74) is 1.12. The molecule has 3 nitrogen and oxygen atoms in total. The Bertz CT molecular complexity index is 273. The minimum atomic E-state index is 0.0560. The van der Waals surface area contributed by atoms with Crippen LogP contribution in [0.15, 0.2) is 6.20 Å². The van der Waals surface area contributed by atoms with E-state index in [1.54, 1.807) is 0 Å². The average Bonchev–Trinajstić information content (AvgIpc) is 2.51. The van der Waals surface area contributed by atoms with Crippen LogP contribution in [0.1, 0.15) is 40.3 Å². The minimum Gasteiger partial charge on any atom is -0.246 e. The summed E-state index contributed by atoms with van der Waals surface area (Å²) in [6.07, 6.45) is 2.99. The standard InChI is InChI=1S/C10H19N3/c1-6-9-7-13(12-11-9)10(4,5)8(2)3/h7-8H,6H2,1-5H3. The van der Waals surface area contributed by atoms with E-state index in [-0.39, 0.29) is 5.54 Å². The highest BCUT2D eigenvalue weighted by Gasteiger charge is 2.25. The molecule has 1 heterocycles. The summed E-state index contributed by atoms with van der Waals surface area (Å²) in [7, 11) is 0. The molecule has 74 valence electrons. The van der Waals surface area contributed by atoms with Gasteiger partial charge < -0.3 is 0 Å². The highest BCUT2D eigenvalue weighted by Crippen LogP contribution is 2.23. The van der Waals surface area contributed by atoms with Crippen molar-refractivity contribution in [2.75, 3.05) is 0 Å². The molecule has 0 N–H and O–H groups in total. The van der Waals surface area contributed by atoms with E-state index >= 15 is 0 Å². The molecule has 1 aromatic rings. The Labute approximate surface area is 80.1 Å². The molecule has 0 bridgehead atoms. The first-order chi connectivity index (χ1) is 5.98. The molecule has 3 heteroatoms. The summed E-state index contributed by atoms with van der Waals surface area (Å²) in [6.45, 7) is 10.9. The van der Waals surface area contributed by atoms with Crippen LogP contribution in [0.2, 0.25) is 0 Å². The van der Waals surface area contributed by atoms with Crippen LogP contribution in [-0.2, 0) is 12.0 Å². The van der Waals surface area contributed by atoms with Gasteiger partial charge in [0.15, 0.2) is 0 Å². The second-order valence-electron chi connectivity index (χ2n) is 4.32. The summed E-state index contributed by atoms with van der Waals surface area (Å²) in [5.74, 6) is 0.555. The lowest BCUT2D eigenvalue weighted by Gasteiger charge is -2.28. The summed E-state index contributed by atoms with van der Waals surface area (Å²) >= 11 is 0. The third kappa shape index (κ3) is 1.90. The van der Waals surface area contributed by atoms with Gasteiger partial charge in [0.2, 0.25) is 0 Å². The molecule has 0 aliphatic carbocycles. The van der Waals surface area contributed by atoms with Gasteiger partial charge in [-0.1, -0.05) is 26.0 Å². The van der Waals surface area contributed by atoms with Crippen molar-refractivity contribution in [2.24, 2.45) is 5.92 Å². The third-order valence-corrected chi connectivity index (χ3v) is 2.91. The van der Waals surface area contributed by atoms with E-state index in [1.807, 2.05) is 10.9 Å². The molecule has 1 aromatic heterocycles.